The summed E-state index contributed by atoms with van der Waals surface area (Å²) in [5, 5.41) is 8.81. The van der Waals surface area contributed by atoms with Crippen molar-refractivity contribution in [3.63, 3.8) is 0 Å². The van der Waals surface area contributed by atoms with Crippen molar-refractivity contribution in [2.75, 3.05) is 20.6 Å². The predicted molar refractivity (Wildman–Crippen MR) is 206 cm³/mol. The van der Waals surface area contributed by atoms with Crippen LogP contribution in [0, 0.1) is 0 Å². The van der Waals surface area contributed by atoms with E-state index in [2.05, 4.69) is 51.2 Å². The molecule has 1 N–H and O–H groups in total. The number of fused-ring (bicyclic) bond motifs is 2. The zero-order valence-electron chi connectivity index (χ0n) is 30.4. The second-order valence-corrected chi connectivity index (χ2v) is 14.4. The van der Waals surface area contributed by atoms with E-state index in [-0.39, 0.29) is 17.2 Å². The molecular formula is C43H41F2N7O2. The molecule has 4 aromatic carbocycles. The Morgan fingerprint density at radius 1 is 0.926 bits per heavy atom. The standard InChI is InChI=1S/C43H41F2N7O2/c1-42(22-23-42)48-40(53)34-28-51(43(29-14-7-4-8-15-29,30-16-9-5-10-17-30)31-18-11-6-12-19-31)39-38(34)47-35(27-46-39)37-33-26-32(54-41(44)45)20-21-36(33)52(49-37)25-13-24-50(2)3/h4-12,14-21,26-28,41H,13,22-25H2,1-3H3,(H,48,53). The van der Waals surface area contributed by atoms with Gasteiger partial charge in [0.15, 0.2) is 5.65 Å². The summed E-state index contributed by atoms with van der Waals surface area (Å²) in [6.07, 6.45) is 6.11. The van der Waals surface area contributed by atoms with Gasteiger partial charge in [-0.05, 0) is 81.7 Å². The lowest BCUT2D eigenvalue weighted by atomic mass is 9.76. The van der Waals surface area contributed by atoms with E-state index < -0.39 is 12.2 Å². The Balaban J connectivity index is 1.39. The number of carbonyl (C=O) groups excluding carboxylic acids is 1. The molecule has 7 aromatic rings. The SMILES string of the molecule is CN(C)CCCn1nc(-c2cnc3c(n2)c(C(=O)NC2(C)CC2)cn3C(c2ccccc2)(c2ccccc2)c2ccccc2)c2cc(OC(F)F)ccc21. The van der Waals surface area contributed by atoms with E-state index in [1.807, 2.05) is 86.5 Å². The fourth-order valence-electron chi connectivity index (χ4n) is 7.37. The van der Waals surface area contributed by atoms with Gasteiger partial charge in [-0.25, -0.2) is 9.97 Å². The predicted octanol–water partition coefficient (Wildman–Crippen LogP) is 8.12. The average molecular weight is 726 g/mol. The molecule has 1 saturated carbocycles. The maximum Gasteiger partial charge on any atom is 0.387 e. The lowest BCUT2D eigenvalue weighted by Crippen LogP contribution is -2.38. The van der Waals surface area contributed by atoms with E-state index in [1.54, 1.807) is 18.3 Å². The van der Waals surface area contributed by atoms with Crippen molar-refractivity contribution in [3.05, 3.63) is 144 Å². The topological polar surface area (TPSA) is 90.1 Å². The number of aromatic nitrogens is 5. The summed E-state index contributed by atoms with van der Waals surface area (Å²) in [6.45, 7) is 0.490. The zero-order valence-corrected chi connectivity index (χ0v) is 30.4. The number of halogens is 2. The Hall–Kier alpha value is -5.94. The number of alkyl halides is 2. The first-order chi connectivity index (χ1) is 26.2. The number of hydrogen-bond acceptors (Lipinski definition) is 6. The highest BCUT2D eigenvalue weighted by Gasteiger charge is 2.43. The minimum atomic E-state index is -2.98. The quantitative estimate of drug-likeness (QED) is 0.121. The second-order valence-electron chi connectivity index (χ2n) is 14.4. The minimum Gasteiger partial charge on any atom is -0.435 e. The van der Waals surface area contributed by atoms with Crippen LogP contribution < -0.4 is 10.1 Å². The summed E-state index contributed by atoms with van der Waals surface area (Å²) < 4.78 is 35.5. The zero-order chi connectivity index (χ0) is 37.5. The molecule has 274 valence electrons. The molecule has 0 radical (unpaired) electrons. The van der Waals surface area contributed by atoms with Gasteiger partial charge in [-0.2, -0.15) is 13.9 Å². The van der Waals surface area contributed by atoms with Gasteiger partial charge in [0.2, 0.25) is 0 Å². The Morgan fingerprint density at radius 2 is 1.54 bits per heavy atom. The summed E-state index contributed by atoms with van der Waals surface area (Å²) in [7, 11) is 4.02. The number of nitrogens with zero attached hydrogens (tertiary/aromatic N) is 6. The molecule has 0 atom stereocenters. The molecule has 1 fully saturated rings. The first-order valence-electron chi connectivity index (χ1n) is 18.1. The summed E-state index contributed by atoms with van der Waals surface area (Å²) >= 11 is 0. The van der Waals surface area contributed by atoms with Crippen molar-refractivity contribution in [1.29, 1.82) is 0 Å². The summed E-state index contributed by atoms with van der Waals surface area (Å²) in [4.78, 5) is 26.7. The second kappa shape index (κ2) is 14.1. The van der Waals surface area contributed by atoms with E-state index in [0.717, 1.165) is 48.0 Å². The first-order valence-corrected chi connectivity index (χ1v) is 18.1. The van der Waals surface area contributed by atoms with Crippen LogP contribution in [0.5, 0.6) is 5.75 Å². The largest absolute Gasteiger partial charge is 0.435 e. The van der Waals surface area contributed by atoms with Gasteiger partial charge in [0.25, 0.3) is 5.91 Å². The third kappa shape index (κ3) is 6.49. The van der Waals surface area contributed by atoms with Crippen LogP contribution in [0.1, 0.15) is 53.2 Å². The Labute approximate surface area is 312 Å². The molecule has 1 aliphatic rings. The van der Waals surface area contributed by atoms with Crippen molar-refractivity contribution in [2.45, 2.75) is 50.4 Å². The number of ether oxygens (including phenoxy) is 1. The number of amides is 1. The highest BCUT2D eigenvalue weighted by atomic mass is 19.3. The molecule has 3 aromatic heterocycles. The van der Waals surface area contributed by atoms with Crippen molar-refractivity contribution in [3.8, 4) is 17.1 Å². The Kier molecular flexibility index (Phi) is 9.19. The maximum absolute atomic E-state index is 14.3. The molecule has 0 bridgehead atoms. The Bertz CT molecular complexity index is 2330. The molecule has 54 heavy (non-hydrogen) atoms. The van der Waals surface area contributed by atoms with Crippen molar-refractivity contribution >= 4 is 28.0 Å². The van der Waals surface area contributed by atoms with Gasteiger partial charge in [0.1, 0.15) is 28.2 Å². The smallest absolute Gasteiger partial charge is 0.387 e. The molecule has 3 heterocycles. The van der Waals surface area contributed by atoms with Gasteiger partial charge in [-0.3, -0.25) is 9.48 Å². The molecule has 0 saturated heterocycles. The molecule has 1 amide bonds. The maximum atomic E-state index is 14.3. The molecule has 0 spiro atoms. The van der Waals surface area contributed by atoms with Crippen molar-refractivity contribution in [1.82, 2.24) is 34.5 Å². The van der Waals surface area contributed by atoms with Crippen LogP contribution in [-0.2, 0) is 12.1 Å². The third-order valence-electron chi connectivity index (χ3n) is 10.3. The first kappa shape index (κ1) is 35.1. The minimum absolute atomic E-state index is 0.0166. The van der Waals surface area contributed by atoms with E-state index >= 15 is 0 Å². The average Bonchev–Trinajstić information content (AvgIpc) is 3.61. The molecule has 1 aliphatic carbocycles. The van der Waals surface area contributed by atoms with Crippen LogP contribution in [0.2, 0.25) is 0 Å². The molecule has 0 unspecified atom stereocenters. The van der Waals surface area contributed by atoms with Crippen LogP contribution in [-0.4, -0.2) is 67.9 Å². The molecule has 11 heteroatoms. The van der Waals surface area contributed by atoms with Crippen LogP contribution in [0.25, 0.3) is 33.5 Å². The highest BCUT2D eigenvalue weighted by Crippen LogP contribution is 2.44. The molecule has 9 nitrogen and oxygen atoms in total. The van der Waals surface area contributed by atoms with E-state index in [9.17, 15) is 13.6 Å². The lowest BCUT2D eigenvalue weighted by Gasteiger charge is -2.38. The number of nitrogens with one attached hydrogen (secondary N) is 1. The van der Waals surface area contributed by atoms with Gasteiger partial charge in [0, 0.05) is 23.7 Å². The van der Waals surface area contributed by atoms with Gasteiger partial charge < -0.3 is 19.5 Å². The lowest BCUT2D eigenvalue weighted by molar-refractivity contribution is -0.0497. The van der Waals surface area contributed by atoms with Gasteiger partial charge in [0.05, 0.1) is 17.3 Å². The third-order valence-corrected chi connectivity index (χ3v) is 10.3. The van der Waals surface area contributed by atoms with Crippen molar-refractivity contribution < 1.29 is 18.3 Å². The van der Waals surface area contributed by atoms with E-state index in [0.29, 0.717) is 40.0 Å². The van der Waals surface area contributed by atoms with E-state index in [4.69, 9.17) is 19.8 Å². The number of aryl methyl sites for hydroxylation is 1. The van der Waals surface area contributed by atoms with Crippen LogP contribution in [0.15, 0.2) is 122 Å². The van der Waals surface area contributed by atoms with Crippen LogP contribution in [0.4, 0.5) is 8.78 Å². The van der Waals surface area contributed by atoms with Crippen LogP contribution >= 0.6 is 0 Å². The molecular weight excluding hydrogens is 685 g/mol. The highest BCUT2D eigenvalue weighted by molar-refractivity contribution is 6.06. The van der Waals surface area contributed by atoms with Gasteiger partial charge in [-0.1, -0.05) is 91.0 Å². The number of carbonyl (C=O) groups is 1. The number of hydrogen-bond donors (Lipinski definition) is 1. The number of benzene rings is 4. The molecule has 0 aliphatic heterocycles. The fraction of sp³-hybridized carbons (Fsp3) is 0.256. The number of rotatable bonds is 13. The fourth-order valence-corrected chi connectivity index (χ4v) is 7.37. The summed E-state index contributed by atoms with van der Waals surface area (Å²) in [6, 6.07) is 35.4. The van der Waals surface area contributed by atoms with Gasteiger partial charge in [-0.15, -0.1) is 0 Å². The summed E-state index contributed by atoms with van der Waals surface area (Å²) in [5.41, 5.74) is 4.55. The van der Waals surface area contributed by atoms with E-state index in [1.165, 1.54) is 6.07 Å². The summed E-state index contributed by atoms with van der Waals surface area (Å²) in [5.74, 6) is -0.233. The monoisotopic (exact) mass is 725 g/mol. The van der Waals surface area contributed by atoms with Crippen LogP contribution in [0.3, 0.4) is 0 Å². The Morgan fingerprint density at radius 3 is 2.09 bits per heavy atom. The molecule has 8 rings (SSSR count). The normalized spacial score (nSPS) is 13.9. The van der Waals surface area contributed by atoms with Crippen molar-refractivity contribution in [2.24, 2.45) is 0 Å². The van der Waals surface area contributed by atoms with Gasteiger partial charge >= 0.3 is 6.61 Å².